The maximum Gasteiger partial charge on any atom is 0.338 e. The molecule has 5 aromatic heterocycles. The normalized spacial score (nSPS) is 10.9. The van der Waals surface area contributed by atoms with Gasteiger partial charge in [0.15, 0.2) is 46.5 Å². The van der Waals surface area contributed by atoms with Gasteiger partial charge in [-0.25, -0.2) is 96.8 Å². The van der Waals surface area contributed by atoms with Crippen LogP contribution in [0.25, 0.3) is 51.1 Å². The van der Waals surface area contributed by atoms with Crippen LogP contribution in [-0.4, -0.2) is 132 Å². The molecule has 0 saturated carbocycles. The number of anilines is 1. The van der Waals surface area contributed by atoms with Gasteiger partial charge < -0.3 is 44.4 Å². The van der Waals surface area contributed by atoms with Crippen molar-refractivity contribution in [2.24, 2.45) is 0 Å². The molecule has 0 saturated heterocycles. The van der Waals surface area contributed by atoms with Gasteiger partial charge in [0.1, 0.15) is 82.3 Å². The molecule has 20 nitrogen and oxygen atoms in total. The number of fused-ring (bicyclic) bond motifs is 5. The van der Waals surface area contributed by atoms with Gasteiger partial charge >= 0.3 is 23.9 Å². The number of nitrogen functional groups attached to an aromatic ring is 1. The van der Waals surface area contributed by atoms with Gasteiger partial charge in [-0.05, 0) is 221 Å². The lowest BCUT2D eigenvalue weighted by Crippen LogP contribution is -2.15. The fraction of sp³-hybridized carbons (Fsp3) is 0.150. The topological polar surface area (TPSA) is 289 Å². The first kappa shape index (κ1) is 110. The molecule has 17 aromatic rings. The van der Waals surface area contributed by atoms with Crippen LogP contribution in [0.15, 0.2) is 203 Å². The molecule has 0 unspecified atom stereocenters. The highest BCUT2D eigenvalue weighted by molar-refractivity contribution is 14.1. The van der Waals surface area contributed by atoms with Crippen molar-refractivity contribution < 1.29 is 120 Å². The predicted molar refractivity (Wildman–Crippen MR) is 557 cm³/mol. The fourth-order valence-electron chi connectivity index (χ4n) is 14.1. The van der Waals surface area contributed by atoms with E-state index in [-0.39, 0.29) is 200 Å². The van der Waals surface area contributed by atoms with Gasteiger partial charge in [-0.1, -0.05) is 67.2 Å². The highest BCUT2D eigenvalue weighted by atomic mass is 127. The average molecular weight is 2510 g/mol. The number of Topliss-reactive ketones (excluding diaryl/α,β-unsaturated/α-hetero) is 2. The standard InChI is InChI=1S/C20H16F2INO3S.C18H14F2INO3S.C16H10F2INO2S.C16H11F2NO2S.C15H8F2INO2S.C15H13F2NO2S/c1-2-26-5-6-27-10-17(25)14-9-18-20(24-11-28-18)19(22)15(14)7-12-3-4-13(23)8-16(12)21;19-14-6-11(21)2-1-10(14)5-13-12(15(24)8-25-4-3-23)7-16-18(17(13)20)22-9-26-16;1-22-16(21)11-6-13-15(20-7-23-13)14(18)10(11)4-8-2-3-9(19)5-12(8)17;1-21-16(20)11-7-13-15(19-8-22-13)14(18)10(11)6-9-4-2-3-5-12(9)17;16-11-4-8(18)2-1-7(11)3-9-10(15(20)21)5-12-14(13(9)17)19-6-22-12;1-20-15(19)10-7-12(21)14(18)13(17)9(10)6-8-4-2-3-5-11(8)16/h2-4,8-9,11H,1,5-7,10H2;1-2,6-7,9,23H,3-5,8H2;2-3,5-7H,4H2,1H3;2-5,7-8H,6H2,1H3;1-2,4-6H,3H2,(H,20,21);2-5,7,21H,6,18H2,1H3. The number of benzene rings is 12. The number of esters is 3. The second-order valence-electron chi connectivity index (χ2n) is 29.9. The number of ether oxygens (including phenoxy) is 6. The van der Waals surface area contributed by atoms with Crippen LogP contribution in [0.2, 0.25) is 0 Å². The van der Waals surface area contributed by atoms with Crippen LogP contribution in [-0.2, 0) is 66.9 Å². The summed E-state index contributed by atoms with van der Waals surface area (Å²) < 4.78 is 208. The number of methoxy groups -OCH3 is 3. The Kier molecular flexibility index (Phi) is 39.8. The number of halogens is 16. The number of hydrogen-bond donors (Lipinski definition) is 4. The van der Waals surface area contributed by atoms with Gasteiger partial charge in [0.25, 0.3) is 0 Å². The van der Waals surface area contributed by atoms with Crippen molar-refractivity contribution in [2.45, 2.75) is 43.4 Å². The number of carbonyl (C=O) groups excluding carboxylic acids is 5. The number of aliphatic hydroxyl groups is 1. The molecule has 0 bridgehead atoms. The zero-order valence-electron chi connectivity index (χ0n) is 73.8. The van der Waals surface area contributed by atoms with Gasteiger partial charge in [-0.3, -0.25) is 9.59 Å². The van der Waals surface area contributed by atoms with Crippen molar-refractivity contribution in [3.63, 3.8) is 0 Å². The number of thiol groups is 1. The second-order valence-corrected chi connectivity index (χ2v) is 39.8. The predicted octanol–water partition coefficient (Wildman–Crippen LogP) is 25.3. The van der Waals surface area contributed by atoms with Crippen molar-refractivity contribution in [3.05, 3.63) is 382 Å². The highest BCUT2D eigenvalue weighted by Crippen LogP contribution is 2.38. The van der Waals surface area contributed by atoms with E-state index in [1.54, 1.807) is 84.9 Å². The second kappa shape index (κ2) is 51.4. The lowest BCUT2D eigenvalue weighted by Gasteiger charge is -2.13. The van der Waals surface area contributed by atoms with Crippen LogP contribution in [0.3, 0.4) is 0 Å². The minimum atomic E-state index is -1.24. The van der Waals surface area contributed by atoms with Gasteiger partial charge in [0.05, 0.1) is 126 Å². The molecule has 142 heavy (non-hydrogen) atoms. The highest BCUT2D eigenvalue weighted by Gasteiger charge is 2.30. The van der Waals surface area contributed by atoms with E-state index in [4.69, 9.17) is 34.5 Å². The maximum atomic E-state index is 15.1. The molecule has 42 heteroatoms. The Balaban J connectivity index is 0.000000153. The third kappa shape index (κ3) is 27.1. The molecular formula is C100H72F12I4N6O14S6. The lowest BCUT2D eigenvalue weighted by molar-refractivity contribution is 0.0590. The van der Waals surface area contributed by atoms with Crippen molar-refractivity contribution >= 4 is 252 Å². The Morgan fingerprint density at radius 1 is 0.366 bits per heavy atom. The number of carboxylic acid groups (broad SMARTS) is 1. The van der Waals surface area contributed by atoms with E-state index in [9.17, 15) is 82.2 Å². The smallest absolute Gasteiger partial charge is 0.338 e. The van der Waals surface area contributed by atoms with Crippen molar-refractivity contribution in [3.8, 4) is 0 Å². The Hall–Kier alpha value is -11.0. The van der Waals surface area contributed by atoms with Gasteiger partial charge in [-0.15, -0.1) is 69.3 Å². The molecule has 734 valence electrons. The summed E-state index contributed by atoms with van der Waals surface area (Å²) in [4.78, 5) is 92.3. The molecule has 0 amide bonds. The van der Waals surface area contributed by atoms with Gasteiger partial charge in [0.2, 0.25) is 0 Å². The number of ketones is 2. The van der Waals surface area contributed by atoms with Crippen molar-refractivity contribution in [1.82, 2.24) is 24.9 Å². The van der Waals surface area contributed by atoms with Crippen LogP contribution in [0, 0.1) is 84.1 Å². The molecule has 0 aliphatic heterocycles. The maximum absolute atomic E-state index is 15.1. The van der Waals surface area contributed by atoms with Gasteiger partial charge in [-0.2, -0.15) is 0 Å². The van der Waals surface area contributed by atoms with Gasteiger partial charge in [0, 0.05) is 102 Å². The first-order chi connectivity index (χ1) is 68.1. The van der Waals surface area contributed by atoms with Crippen LogP contribution in [0.4, 0.5) is 58.4 Å². The Labute approximate surface area is 880 Å². The Morgan fingerprint density at radius 3 is 0.923 bits per heavy atom. The number of carbonyl (C=O) groups is 6. The van der Waals surface area contributed by atoms with E-state index in [0.717, 1.165) is 22.0 Å². The quantitative estimate of drug-likeness (QED) is 0.00408. The first-order valence-electron chi connectivity index (χ1n) is 41.4. The third-order valence-electron chi connectivity index (χ3n) is 21.1. The van der Waals surface area contributed by atoms with Crippen LogP contribution in [0.1, 0.15) is 129 Å². The number of nitrogens with zero attached hydrogens (tertiary/aromatic N) is 5. The number of hydrogen-bond acceptors (Lipinski definition) is 25. The summed E-state index contributed by atoms with van der Waals surface area (Å²) >= 11 is 18.1. The molecule has 0 fully saturated rings. The summed E-state index contributed by atoms with van der Waals surface area (Å²) in [6.45, 7) is 3.16. The number of thiazole rings is 5. The van der Waals surface area contributed by atoms with Crippen LogP contribution >= 0.6 is 160 Å². The monoisotopic (exact) mass is 2510 g/mol. The molecule has 4 N–H and O–H groups in total. The molecule has 0 radical (unpaired) electrons. The summed E-state index contributed by atoms with van der Waals surface area (Å²) in [5.74, 6) is -10.8. The van der Waals surface area contributed by atoms with Crippen molar-refractivity contribution in [1.29, 1.82) is 0 Å². The first-order valence-corrected chi connectivity index (χ1v) is 50.5. The summed E-state index contributed by atoms with van der Waals surface area (Å²) in [7, 11) is 3.64. The van der Waals surface area contributed by atoms with E-state index in [1.165, 1.54) is 173 Å². The van der Waals surface area contributed by atoms with E-state index in [2.05, 4.69) is 48.9 Å². The Morgan fingerprint density at radius 2 is 0.634 bits per heavy atom. The number of carboxylic acids is 1. The lowest BCUT2D eigenvalue weighted by atomic mass is 9.96. The molecule has 5 heterocycles. The number of nitrogens with two attached hydrogens (primary N) is 1. The molecule has 12 aromatic carbocycles. The van der Waals surface area contributed by atoms with E-state index >= 15 is 4.39 Å². The average Bonchev–Trinajstić information content (AvgIpc) is 1.60. The molecule has 17 rings (SSSR count). The van der Waals surface area contributed by atoms with E-state index in [0.29, 0.717) is 49.3 Å². The van der Waals surface area contributed by atoms with Crippen molar-refractivity contribution in [2.75, 3.05) is 66.7 Å². The SMILES string of the molecule is C=COCCOCC(=O)c1cc2scnc2c(F)c1Cc1ccc(I)cc1F.COC(=O)c1cc(S)c(N)c(F)c1Cc1ccccc1F.COC(=O)c1cc2scnc2c(F)c1Cc1ccc(I)cc1F.COC(=O)c1cc2scnc2c(F)c1Cc1ccccc1F.O=C(COCCO)c1cc2scnc2c(F)c1Cc1ccc(I)cc1F.O=C(O)c1cc2scnc2c(F)c1Cc1ccc(I)cc1F. The molecule has 0 spiro atoms. The summed E-state index contributed by atoms with van der Waals surface area (Å²) in [6, 6.07) is 39.6. The zero-order chi connectivity index (χ0) is 102. The largest absolute Gasteiger partial charge is 0.499 e. The van der Waals surface area contributed by atoms with E-state index < -0.39 is 99.5 Å². The van der Waals surface area contributed by atoms with Crippen LogP contribution < -0.4 is 5.73 Å². The van der Waals surface area contributed by atoms with E-state index in [1.807, 2.05) is 90.4 Å². The molecule has 0 aliphatic rings. The summed E-state index contributed by atoms with van der Waals surface area (Å²) in [5.41, 5.74) is 16.1. The number of aliphatic hydroxyl groups excluding tert-OH is 1. The zero-order valence-corrected chi connectivity index (χ0v) is 87.4. The number of aromatic nitrogens is 5. The molecule has 0 atom stereocenters. The molecule has 0 aliphatic carbocycles. The Bertz CT molecular complexity index is 7630. The minimum Gasteiger partial charge on any atom is -0.499 e. The fourth-order valence-corrected chi connectivity index (χ4v) is 19.7. The molecular weight excluding hydrogens is 2440 g/mol. The number of rotatable bonds is 28. The number of aromatic carboxylic acids is 1. The summed E-state index contributed by atoms with van der Waals surface area (Å²) in [5, 5.41) is 18.1. The minimum absolute atomic E-state index is 0.0118. The third-order valence-corrected chi connectivity index (χ3v) is 28.1. The van der Waals surface area contributed by atoms with Crippen LogP contribution in [0.5, 0.6) is 0 Å². The summed E-state index contributed by atoms with van der Waals surface area (Å²) in [6.07, 6.45) is 0.825.